The van der Waals surface area contributed by atoms with Gasteiger partial charge in [0, 0.05) is 5.92 Å². The van der Waals surface area contributed by atoms with Crippen molar-refractivity contribution in [3.63, 3.8) is 0 Å². The number of allylic oxidation sites excluding steroid dienone is 1. The molecule has 1 fully saturated rings. The number of nitrogens with one attached hydrogen (secondary N) is 1. The number of ether oxygens (including phenoxy) is 1. The van der Waals surface area contributed by atoms with Gasteiger partial charge in [-0.2, -0.15) is 5.26 Å². The van der Waals surface area contributed by atoms with Crippen LogP contribution >= 0.6 is 11.8 Å². The zero-order valence-corrected chi connectivity index (χ0v) is 14.0. The fourth-order valence-electron chi connectivity index (χ4n) is 3.18. The largest absolute Gasteiger partial charge is 0.490 e. The zero-order valence-electron chi connectivity index (χ0n) is 13.2. The molecule has 4 unspecified atom stereocenters. The second-order valence-electron chi connectivity index (χ2n) is 5.86. The van der Waals surface area contributed by atoms with Crippen molar-refractivity contribution in [1.29, 1.82) is 5.26 Å². The van der Waals surface area contributed by atoms with E-state index in [4.69, 9.17) is 4.74 Å². The molecule has 0 aliphatic carbocycles. The SMILES string of the molecule is C=CCOc1ccc(C2(C#N)C(=O)NC3SC(C)=CC3C2O)cc1. The Morgan fingerprint density at radius 1 is 1.50 bits per heavy atom. The first kappa shape index (κ1) is 16.6. The second-order valence-corrected chi connectivity index (χ2v) is 7.24. The molecule has 2 aliphatic rings. The van der Waals surface area contributed by atoms with Crippen LogP contribution in [0.5, 0.6) is 5.75 Å². The lowest BCUT2D eigenvalue weighted by atomic mass is 9.69. The van der Waals surface area contributed by atoms with Gasteiger partial charge in [0.15, 0.2) is 5.41 Å². The lowest BCUT2D eigenvalue weighted by Gasteiger charge is -2.41. The predicted molar refractivity (Wildman–Crippen MR) is 92.2 cm³/mol. The van der Waals surface area contributed by atoms with Crippen LogP contribution in [0.1, 0.15) is 12.5 Å². The summed E-state index contributed by atoms with van der Waals surface area (Å²) >= 11 is 1.51. The first-order valence-electron chi connectivity index (χ1n) is 7.62. The molecule has 2 aliphatic heterocycles. The fraction of sp³-hybridized carbons (Fsp3) is 0.333. The summed E-state index contributed by atoms with van der Waals surface area (Å²) in [7, 11) is 0. The van der Waals surface area contributed by atoms with Crippen molar-refractivity contribution in [2.75, 3.05) is 6.61 Å². The molecule has 2 heterocycles. The van der Waals surface area contributed by atoms with Gasteiger partial charge in [-0.1, -0.05) is 30.9 Å². The van der Waals surface area contributed by atoms with Crippen LogP contribution in [0.25, 0.3) is 0 Å². The van der Waals surface area contributed by atoms with E-state index in [2.05, 4.69) is 18.0 Å². The van der Waals surface area contributed by atoms with Crippen molar-refractivity contribution in [3.8, 4) is 11.8 Å². The van der Waals surface area contributed by atoms with Crippen LogP contribution in [0.4, 0.5) is 0 Å². The zero-order chi connectivity index (χ0) is 17.3. The number of carbonyl (C=O) groups is 1. The van der Waals surface area contributed by atoms with E-state index < -0.39 is 17.4 Å². The summed E-state index contributed by atoms with van der Waals surface area (Å²) in [6.45, 7) is 5.89. The van der Waals surface area contributed by atoms with Gasteiger partial charge in [-0.25, -0.2) is 0 Å². The molecule has 24 heavy (non-hydrogen) atoms. The Kier molecular flexibility index (Phi) is 4.39. The molecule has 4 atom stereocenters. The summed E-state index contributed by atoms with van der Waals surface area (Å²) in [6, 6.07) is 8.76. The minimum Gasteiger partial charge on any atom is -0.490 e. The Bertz CT molecular complexity index is 738. The Morgan fingerprint density at radius 2 is 2.21 bits per heavy atom. The molecule has 124 valence electrons. The van der Waals surface area contributed by atoms with E-state index in [1.165, 1.54) is 11.8 Å². The Labute approximate surface area is 145 Å². The van der Waals surface area contributed by atoms with Gasteiger partial charge < -0.3 is 15.2 Å². The number of benzene rings is 1. The minimum atomic E-state index is -1.63. The molecule has 1 amide bonds. The van der Waals surface area contributed by atoms with Crippen LogP contribution in [0, 0.1) is 17.2 Å². The monoisotopic (exact) mass is 342 g/mol. The van der Waals surface area contributed by atoms with Gasteiger partial charge in [-0.3, -0.25) is 4.79 Å². The summed E-state index contributed by atoms with van der Waals surface area (Å²) < 4.78 is 5.42. The average molecular weight is 342 g/mol. The maximum absolute atomic E-state index is 12.7. The highest BCUT2D eigenvalue weighted by molar-refractivity contribution is 8.03. The van der Waals surface area contributed by atoms with E-state index in [0.29, 0.717) is 17.9 Å². The molecule has 0 spiro atoms. The van der Waals surface area contributed by atoms with Crippen molar-refractivity contribution in [2.45, 2.75) is 23.8 Å². The summed E-state index contributed by atoms with van der Waals surface area (Å²) in [4.78, 5) is 13.7. The number of nitriles is 1. The number of nitrogens with zero attached hydrogens (tertiary/aromatic N) is 1. The first-order chi connectivity index (χ1) is 11.5. The summed E-state index contributed by atoms with van der Waals surface area (Å²) in [5, 5.41) is 23.3. The summed E-state index contributed by atoms with van der Waals surface area (Å²) in [6.07, 6.45) is 2.45. The minimum absolute atomic E-state index is 0.218. The number of fused-ring (bicyclic) bond motifs is 1. The van der Waals surface area contributed by atoms with E-state index in [-0.39, 0.29) is 11.3 Å². The molecule has 5 nitrogen and oxygen atoms in total. The number of aliphatic hydroxyl groups is 1. The number of rotatable bonds is 4. The fourth-order valence-corrected chi connectivity index (χ4v) is 4.36. The summed E-state index contributed by atoms with van der Waals surface area (Å²) in [5.74, 6) is -0.138. The average Bonchev–Trinajstić information content (AvgIpc) is 2.95. The maximum Gasteiger partial charge on any atom is 0.248 e. The van der Waals surface area contributed by atoms with Gasteiger partial charge in [-0.05, 0) is 29.5 Å². The van der Waals surface area contributed by atoms with E-state index in [1.807, 2.05) is 13.0 Å². The molecule has 0 radical (unpaired) electrons. The van der Waals surface area contributed by atoms with Gasteiger partial charge in [0.2, 0.25) is 5.91 Å². The molecular formula is C18H18N2O3S. The van der Waals surface area contributed by atoms with E-state index >= 15 is 0 Å². The van der Waals surface area contributed by atoms with Crippen molar-refractivity contribution < 1.29 is 14.6 Å². The normalized spacial score (nSPS) is 31.5. The Balaban J connectivity index is 1.97. The number of hydrogen-bond acceptors (Lipinski definition) is 5. The lowest BCUT2D eigenvalue weighted by Crippen LogP contribution is -2.63. The molecule has 1 aromatic carbocycles. The first-order valence-corrected chi connectivity index (χ1v) is 8.50. The number of aliphatic hydroxyl groups excluding tert-OH is 1. The van der Waals surface area contributed by atoms with Gasteiger partial charge in [0.25, 0.3) is 0 Å². The van der Waals surface area contributed by atoms with E-state index in [1.54, 1.807) is 30.3 Å². The highest BCUT2D eigenvalue weighted by Crippen LogP contribution is 2.45. The maximum atomic E-state index is 12.7. The van der Waals surface area contributed by atoms with Crippen molar-refractivity contribution in [3.05, 3.63) is 53.5 Å². The topological polar surface area (TPSA) is 82.3 Å². The standard InChI is InChI=1S/C18H18N2O3S/c1-3-8-23-13-6-4-12(5-7-13)18(10-19)15(21)14-9-11(2)24-16(14)20-17(18)22/h3-7,9,14-16,21H,1,8H2,2H3,(H,20,22). The van der Waals surface area contributed by atoms with Crippen LogP contribution in [0.3, 0.4) is 0 Å². The number of carbonyl (C=O) groups excluding carboxylic acids is 1. The molecular weight excluding hydrogens is 324 g/mol. The smallest absolute Gasteiger partial charge is 0.248 e. The number of hydrogen-bond donors (Lipinski definition) is 2. The molecule has 1 aromatic rings. The van der Waals surface area contributed by atoms with Crippen LogP contribution in [0.2, 0.25) is 0 Å². The summed E-state index contributed by atoms with van der Waals surface area (Å²) in [5.41, 5.74) is -1.16. The molecule has 0 saturated carbocycles. The highest BCUT2D eigenvalue weighted by atomic mass is 32.2. The van der Waals surface area contributed by atoms with E-state index in [9.17, 15) is 15.2 Å². The lowest BCUT2D eigenvalue weighted by molar-refractivity contribution is -0.133. The third-order valence-corrected chi connectivity index (χ3v) is 5.58. The number of piperidine rings is 1. The molecule has 3 rings (SSSR count). The molecule has 2 N–H and O–H groups in total. The predicted octanol–water partition coefficient (Wildman–Crippen LogP) is 2.10. The van der Waals surface area contributed by atoms with Gasteiger partial charge >= 0.3 is 0 Å². The van der Waals surface area contributed by atoms with Crippen LogP contribution in [0.15, 0.2) is 47.9 Å². The third-order valence-electron chi connectivity index (χ3n) is 4.38. The molecule has 1 saturated heterocycles. The number of amides is 1. The van der Waals surface area contributed by atoms with E-state index in [0.717, 1.165) is 4.91 Å². The quantitative estimate of drug-likeness (QED) is 0.819. The van der Waals surface area contributed by atoms with Crippen molar-refractivity contribution in [2.24, 2.45) is 5.92 Å². The third kappa shape index (κ3) is 2.50. The molecule has 0 bridgehead atoms. The Hall–Kier alpha value is -2.23. The van der Waals surface area contributed by atoms with Gasteiger partial charge in [0.05, 0.1) is 17.5 Å². The van der Waals surface area contributed by atoms with Crippen LogP contribution in [-0.4, -0.2) is 29.1 Å². The number of thioether (sulfide) groups is 1. The van der Waals surface area contributed by atoms with Crippen molar-refractivity contribution >= 4 is 17.7 Å². The highest BCUT2D eigenvalue weighted by Gasteiger charge is 2.57. The van der Waals surface area contributed by atoms with Crippen LogP contribution < -0.4 is 10.1 Å². The second kappa shape index (κ2) is 6.34. The van der Waals surface area contributed by atoms with Gasteiger partial charge in [0.1, 0.15) is 12.4 Å². The van der Waals surface area contributed by atoms with Gasteiger partial charge in [-0.15, -0.1) is 11.8 Å². The van der Waals surface area contributed by atoms with Crippen LogP contribution in [-0.2, 0) is 10.2 Å². The Morgan fingerprint density at radius 3 is 2.83 bits per heavy atom. The molecule has 6 heteroatoms. The van der Waals surface area contributed by atoms with Crippen molar-refractivity contribution in [1.82, 2.24) is 5.32 Å². The molecule has 0 aromatic heterocycles.